The Kier molecular flexibility index (Phi) is 5.75. The summed E-state index contributed by atoms with van der Waals surface area (Å²) in [5.41, 5.74) is 3.09. The van der Waals surface area contributed by atoms with Gasteiger partial charge in [-0.15, -0.1) is 0 Å². The number of amides is 2. The number of carbonyl (C=O) groups is 2. The zero-order valence-corrected chi connectivity index (χ0v) is 16.9. The van der Waals surface area contributed by atoms with E-state index < -0.39 is 11.6 Å². The van der Waals surface area contributed by atoms with Crippen LogP contribution >= 0.6 is 0 Å². The molecule has 1 atom stereocenters. The van der Waals surface area contributed by atoms with Crippen LogP contribution in [0.4, 0.5) is 14.5 Å². The van der Waals surface area contributed by atoms with Crippen LogP contribution in [0.1, 0.15) is 51.4 Å². The zero-order chi connectivity index (χ0) is 22.0. The van der Waals surface area contributed by atoms with E-state index in [-0.39, 0.29) is 23.6 Å². The van der Waals surface area contributed by atoms with Crippen LogP contribution < -0.4 is 10.2 Å². The third-order valence-electron chi connectivity index (χ3n) is 5.36. The number of aryl methyl sites for hydroxylation is 1. The van der Waals surface area contributed by atoms with Crippen molar-refractivity contribution in [2.75, 3.05) is 11.4 Å². The second-order valence-corrected chi connectivity index (χ2v) is 7.51. The SMILES string of the molecule is CC(NC(=O)c1ccc(F)cc1)c1ccc2c(c1)CCCN2C(=O)c1cc(F)ccn1. The van der Waals surface area contributed by atoms with Gasteiger partial charge in [0.2, 0.25) is 0 Å². The minimum Gasteiger partial charge on any atom is -0.346 e. The zero-order valence-electron chi connectivity index (χ0n) is 16.9. The number of nitrogens with one attached hydrogen (secondary N) is 1. The third kappa shape index (κ3) is 4.45. The lowest BCUT2D eigenvalue weighted by atomic mass is 9.96. The fraction of sp³-hybridized carbons (Fsp3) is 0.208. The lowest BCUT2D eigenvalue weighted by Gasteiger charge is -2.30. The molecule has 0 saturated heterocycles. The van der Waals surface area contributed by atoms with Gasteiger partial charge in [-0.05, 0) is 67.3 Å². The average Bonchev–Trinajstić information content (AvgIpc) is 2.78. The Morgan fingerprint density at radius 1 is 1.03 bits per heavy atom. The van der Waals surface area contributed by atoms with Crippen molar-refractivity contribution < 1.29 is 18.4 Å². The second-order valence-electron chi connectivity index (χ2n) is 7.51. The Morgan fingerprint density at radius 2 is 1.81 bits per heavy atom. The van der Waals surface area contributed by atoms with E-state index >= 15 is 0 Å². The molecule has 2 aromatic carbocycles. The van der Waals surface area contributed by atoms with Gasteiger partial charge in [0.15, 0.2) is 0 Å². The highest BCUT2D eigenvalue weighted by Crippen LogP contribution is 2.31. The first-order valence-corrected chi connectivity index (χ1v) is 10.0. The van der Waals surface area contributed by atoms with Crippen LogP contribution in [-0.2, 0) is 6.42 Å². The monoisotopic (exact) mass is 421 g/mol. The number of rotatable bonds is 4. The molecule has 2 amide bonds. The molecule has 0 radical (unpaired) electrons. The minimum atomic E-state index is -0.503. The van der Waals surface area contributed by atoms with Crippen LogP contribution in [-0.4, -0.2) is 23.3 Å². The minimum absolute atomic E-state index is 0.0665. The summed E-state index contributed by atoms with van der Waals surface area (Å²) in [6, 6.07) is 13.1. The van der Waals surface area contributed by atoms with Crippen LogP contribution in [0, 0.1) is 11.6 Å². The van der Waals surface area contributed by atoms with Crippen LogP contribution in [0.2, 0.25) is 0 Å². The van der Waals surface area contributed by atoms with Gasteiger partial charge < -0.3 is 10.2 Å². The van der Waals surface area contributed by atoms with Gasteiger partial charge in [0.1, 0.15) is 17.3 Å². The molecule has 0 aliphatic carbocycles. The molecule has 1 aliphatic rings. The van der Waals surface area contributed by atoms with Gasteiger partial charge in [-0.1, -0.05) is 12.1 Å². The lowest BCUT2D eigenvalue weighted by Crippen LogP contribution is -2.36. The number of benzene rings is 2. The number of nitrogens with zero attached hydrogens (tertiary/aromatic N) is 2. The summed E-state index contributed by atoms with van der Waals surface area (Å²) >= 11 is 0. The summed E-state index contributed by atoms with van der Waals surface area (Å²) < 4.78 is 26.6. The maximum absolute atomic E-state index is 13.5. The maximum Gasteiger partial charge on any atom is 0.276 e. The number of halogens is 2. The normalized spacial score (nSPS) is 14.0. The molecule has 7 heteroatoms. The molecule has 0 spiro atoms. The molecule has 1 N–H and O–H groups in total. The van der Waals surface area contributed by atoms with Crippen LogP contribution in [0.15, 0.2) is 60.8 Å². The van der Waals surface area contributed by atoms with E-state index in [4.69, 9.17) is 0 Å². The van der Waals surface area contributed by atoms with Crippen molar-refractivity contribution in [2.24, 2.45) is 0 Å². The molecule has 4 rings (SSSR count). The predicted molar refractivity (Wildman–Crippen MR) is 113 cm³/mol. The Bertz CT molecular complexity index is 1130. The van der Waals surface area contributed by atoms with E-state index in [0.717, 1.165) is 35.7 Å². The summed E-state index contributed by atoms with van der Waals surface area (Å²) in [4.78, 5) is 30.9. The highest BCUT2D eigenvalue weighted by molar-refractivity contribution is 6.05. The third-order valence-corrected chi connectivity index (χ3v) is 5.36. The summed E-state index contributed by atoms with van der Waals surface area (Å²) in [5, 5.41) is 2.91. The Hall–Kier alpha value is -3.61. The van der Waals surface area contributed by atoms with Gasteiger partial charge in [0.05, 0.1) is 6.04 Å². The molecule has 0 saturated carbocycles. The molecule has 1 aromatic heterocycles. The van der Waals surface area contributed by atoms with Gasteiger partial charge in [-0.2, -0.15) is 0 Å². The van der Waals surface area contributed by atoms with E-state index in [0.29, 0.717) is 12.1 Å². The first kappa shape index (κ1) is 20.7. The Morgan fingerprint density at radius 3 is 2.55 bits per heavy atom. The average molecular weight is 421 g/mol. The lowest BCUT2D eigenvalue weighted by molar-refractivity contribution is 0.0938. The van der Waals surface area contributed by atoms with Crippen LogP contribution in [0.25, 0.3) is 0 Å². The number of hydrogen-bond donors (Lipinski definition) is 1. The van der Waals surface area contributed by atoms with E-state index in [2.05, 4.69) is 10.3 Å². The van der Waals surface area contributed by atoms with Gasteiger partial charge in [0.25, 0.3) is 11.8 Å². The van der Waals surface area contributed by atoms with Crippen LogP contribution in [0.3, 0.4) is 0 Å². The van der Waals surface area contributed by atoms with Crippen molar-refractivity contribution >= 4 is 17.5 Å². The smallest absolute Gasteiger partial charge is 0.276 e. The quantitative estimate of drug-likeness (QED) is 0.677. The number of pyridine rings is 1. The van der Waals surface area contributed by atoms with Gasteiger partial charge in [-0.25, -0.2) is 8.78 Å². The summed E-state index contributed by atoms with van der Waals surface area (Å²) in [5.74, 6) is -1.53. The fourth-order valence-electron chi connectivity index (χ4n) is 3.72. The number of fused-ring (bicyclic) bond motifs is 1. The molecule has 158 valence electrons. The van der Waals surface area contributed by atoms with Crippen molar-refractivity contribution in [2.45, 2.75) is 25.8 Å². The van der Waals surface area contributed by atoms with E-state index in [1.54, 1.807) is 4.90 Å². The molecule has 5 nitrogen and oxygen atoms in total. The highest BCUT2D eigenvalue weighted by Gasteiger charge is 2.25. The first-order chi connectivity index (χ1) is 14.9. The molecular formula is C24H21F2N3O2. The molecule has 31 heavy (non-hydrogen) atoms. The fourth-order valence-corrected chi connectivity index (χ4v) is 3.72. The second kappa shape index (κ2) is 8.63. The standard InChI is InChI=1S/C24H21F2N3O2/c1-15(28-23(30)16-4-7-19(25)8-5-16)17-6-9-22-18(13-17)3-2-12-29(22)24(31)21-14-20(26)10-11-27-21/h4-11,13-15H,2-3,12H2,1H3,(H,28,30). The van der Waals surface area contributed by atoms with Gasteiger partial charge in [-0.3, -0.25) is 14.6 Å². The molecular weight excluding hydrogens is 400 g/mol. The number of aromatic nitrogens is 1. The molecule has 1 aliphatic heterocycles. The molecule has 3 aromatic rings. The predicted octanol–water partition coefficient (Wildman–Crippen LogP) is 4.44. The van der Waals surface area contributed by atoms with Gasteiger partial charge >= 0.3 is 0 Å². The van der Waals surface area contributed by atoms with Crippen molar-refractivity contribution in [1.29, 1.82) is 0 Å². The van der Waals surface area contributed by atoms with Crippen molar-refractivity contribution in [3.05, 3.63) is 94.8 Å². The topological polar surface area (TPSA) is 62.3 Å². The largest absolute Gasteiger partial charge is 0.346 e. The molecule has 2 heterocycles. The molecule has 0 bridgehead atoms. The van der Waals surface area contributed by atoms with E-state index in [1.165, 1.54) is 36.5 Å². The summed E-state index contributed by atoms with van der Waals surface area (Å²) in [6.07, 6.45) is 2.85. The van der Waals surface area contributed by atoms with Gasteiger partial charge in [0, 0.05) is 30.1 Å². The number of anilines is 1. The van der Waals surface area contributed by atoms with E-state index in [9.17, 15) is 18.4 Å². The molecule has 1 unspecified atom stereocenters. The molecule has 0 fully saturated rings. The highest BCUT2D eigenvalue weighted by atomic mass is 19.1. The van der Waals surface area contributed by atoms with Crippen molar-refractivity contribution in [3.8, 4) is 0 Å². The summed E-state index contributed by atoms with van der Waals surface area (Å²) in [7, 11) is 0. The van der Waals surface area contributed by atoms with E-state index in [1.807, 2.05) is 25.1 Å². The van der Waals surface area contributed by atoms with Crippen molar-refractivity contribution in [3.63, 3.8) is 0 Å². The van der Waals surface area contributed by atoms with Crippen molar-refractivity contribution in [1.82, 2.24) is 10.3 Å². The van der Waals surface area contributed by atoms with Crippen LogP contribution in [0.5, 0.6) is 0 Å². The Labute approximate surface area is 178 Å². The first-order valence-electron chi connectivity index (χ1n) is 10.0. The Balaban J connectivity index is 1.53. The summed E-state index contributed by atoms with van der Waals surface area (Å²) in [6.45, 7) is 2.39. The number of hydrogen-bond acceptors (Lipinski definition) is 3. The number of carbonyl (C=O) groups excluding carboxylic acids is 2. The maximum atomic E-state index is 13.5.